The van der Waals surface area contributed by atoms with Crippen molar-refractivity contribution >= 4 is 71.9 Å². The number of hydrogen-bond donors (Lipinski definition) is 1. The Labute approximate surface area is 253 Å². The van der Waals surface area contributed by atoms with Crippen LogP contribution >= 0.6 is 37.2 Å². The molecule has 1 aliphatic heterocycles. The van der Waals surface area contributed by atoms with Gasteiger partial charge < -0.3 is 25.0 Å². The number of para-hydroxylation sites is 1. The highest BCUT2D eigenvalue weighted by atomic mass is 35.5. The van der Waals surface area contributed by atoms with Gasteiger partial charge in [0.2, 0.25) is 0 Å². The first-order valence-electron chi connectivity index (χ1n) is 12.2. The van der Waals surface area contributed by atoms with Gasteiger partial charge in [-0.2, -0.15) is 0 Å². The Balaban J connectivity index is 0.00000187. The second-order valence-corrected chi connectivity index (χ2v) is 9.18. The van der Waals surface area contributed by atoms with E-state index >= 15 is 0 Å². The molecule has 9 nitrogen and oxygen atoms in total. The fraction of sp³-hybridized carbons (Fsp3) is 0.286. The van der Waals surface area contributed by atoms with Gasteiger partial charge in [-0.3, -0.25) is 0 Å². The van der Waals surface area contributed by atoms with Crippen molar-refractivity contribution in [2.24, 2.45) is 5.73 Å². The molecule has 3 heterocycles. The molecule has 214 valence electrons. The smallest absolute Gasteiger partial charge is 0.161 e. The van der Waals surface area contributed by atoms with Crippen molar-refractivity contribution in [2.75, 3.05) is 51.2 Å². The molecule has 2 aromatic heterocycles. The summed E-state index contributed by atoms with van der Waals surface area (Å²) in [4.78, 5) is 23.4. The summed E-state index contributed by atoms with van der Waals surface area (Å²) in [6, 6.07) is 15.9. The van der Waals surface area contributed by atoms with Crippen molar-refractivity contribution in [3.05, 3.63) is 60.2 Å². The molecular formula is C28H34Cl3N7O2. The maximum Gasteiger partial charge on any atom is 0.161 e. The highest BCUT2D eigenvalue weighted by Crippen LogP contribution is 2.33. The summed E-state index contributed by atoms with van der Waals surface area (Å²) in [5, 5.41) is 1.00. The first kappa shape index (κ1) is 32.8. The summed E-state index contributed by atoms with van der Waals surface area (Å²) in [7, 11) is 7.20. The third-order valence-electron chi connectivity index (χ3n) is 6.36. The van der Waals surface area contributed by atoms with Crippen LogP contribution in [0.25, 0.3) is 34.3 Å². The van der Waals surface area contributed by atoms with Gasteiger partial charge in [0.05, 0.1) is 25.4 Å². The number of benzene rings is 2. The van der Waals surface area contributed by atoms with Gasteiger partial charge >= 0.3 is 0 Å². The second-order valence-electron chi connectivity index (χ2n) is 9.18. The number of methoxy groups -OCH3 is 2. The van der Waals surface area contributed by atoms with E-state index in [4.69, 9.17) is 35.1 Å². The van der Waals surface area contributed by atoms with Crippen LogP contribution in [-0.4, -0.2) is 67.4 Å². The monoisotopic (exact) mass is 605 g/mol. The zero-order valence-electron chi connectivity index (χ0n) is 22.8. The van der Waals surface area contributed by atoms with Gasteiger partial charge in [-0.05, 0) is 48.9 Å². The topological polar surface area (TPSA) is 103 Å². The van der Waals surface area contributed by atoms with Crippen molar-refractivity contribution < 1.29 is 9.47 Å². The number of nitrogens with two attached hydrogens (primary N) is 1. The minimum atomic E-state index is 0. The van der Waals surface area contributed by atoms with E-state index in [1.165, 1.54) is 0 Å². The van der Waals surface area contributed by atoms with Crippen molar-refractivity contribution in [3.8, 4) is 22.8 Å². The lowest BCUT2D eigenvalue weighted by Gasteiger charge is -2.18. The molecule has 1 fully saturated rings. The molecule has 1 aliphatic rings. The first-order valence-corrected chi connectivity index (χ1v) is 12.2. The summed E-state index contributed by atoms with van der Waals surface area (Å²) in [6.07, 6.45) is 4.64. The van der Waals surface area contributed by atoms with Crippen molar-refractivity contribution in [1.29, 1.82) is 0 Å². The molecule has 1 saturated heterocycles. The fourth-order valence-corrected chi connectivity index (χ4v) is 4.47. The normalized spacial score (nSPS) is 14.3. The largest absolute Gasteiger partial charge is 0.493 e. The van der Waals surface area contributed by atoms with Crippen LogP contribution in [0.5, 0.6) is 11.5 Å². The van der Waals surface area contributed by atoms with Crippen molar-refractivity contribution in [3.63, 3.8) is 0 Å². The molecule has 1 unspecified atom stereocenters. The number of hydrogen-bond acceptors (Lipinski definition) is 9. The Morgan fingerprint density at radius 1 is 0.875 bits per heavy atom. The Morgan fingerprint density at radius 2 is 1.57 bits per heavy atom. The van der Waals surface area contributed by atoms with Gasteiger partial charge in [0, 0.05) is 50.2 Å². The van der Waals surface area contributed by atoms with E-state index < -0.39 is 0 Å². The van der Waals surface area contributed by atoms with Crippen molar-refractivity contribution in [1.82, 2.24) is 19.9 Å². The lowest BCUT2D eigenvalue weighted by molar-refractivity contribution is 0.355. The van der Waals surface area contributed by atoms with Gasteiger partial charge in [-0.25, -0.2) is 19.9 Å². The number of rotatable bonds is 7. The van der Waals surface area contributed by atoms with Gasteiger partial charge in [0.15, 0.2) is 23.1 Å². The van der Waals surface area contributed by atoms with Crippen LogP contribution < -0.4 is 25.0 Å². The Bertz CT molecular complexity index is 1470. The number of ether oxygens (including phenoxy) is 2. The first-order chi connectivity index (χ1) is 17.9. The number of nitrogens with zero attached hydrogens (tertiary/aromatic N) is 6. The lowest BCUT2D eigenvalue weighted by atomic mass is 10.1. The summed E-state index contributed by atoms with van der Waals surface area (Å²) < 4.78 is 10.9. The molecule has 4 aromatic rings. The standard InChI is InChI=1S/C28H31N7O2.3ClH/c1-34(2)28-20-7-5-6-8-21(20)30-26(33-28)12-11-25-31-22(16-27(32-25)35-14-13-19(29)17-35)18-9-10-23(36-3)24(15-18)37-4;;;/h5-12,15-16,19H,13-14,17,29H2,1-4H3;3*1H. The Morgan fingerprint density at radius 3 is 2.23 bits per heavy atom. The SMILES string of the molecule is COc1ccc(-c2cc(N3CCC(N)C3)nc(C=Cc3nc(N(C)C)c4ccccc4n3)n2)cc1OC.Cl.Cl.Cl. The minimum absolute atomic E-state index is 0. The third-order valence-corrected chi connectivity index (χ3v) is 6.36. The average Bonchev–Trinajstić information content (AvgIpc) is 3.37. The molecule has 40 heavy (non-hydrogen) atoms. The average molecular weight is 607 g/mol. The predicted octanol–water partition coefficient (Wildman–Crippen LogP) is 5.14. The molecule has 0 amide bonds. The van der Waals surface area contributed by atoms with Crippen molar-refractivity contribution in [2.45, 2.75) is 12.5 Å². The second kappa shape index (κ2) is 14.3. The molecule has 0 aliphatic carbocycles. The number of aromatic nitrogens is 4. The zero-order valence-corrected chi connectivity index (χ0v) is 25.2. The predicted molar refractivity (Wildman–Crippen MR) is 170 cm³/mol. The summed E-state index contributed by atoms with van der Waals surface area (Å²) in [6.45, 7) is 1.61. The van der Waals surface area contributed by atoms with E-state index in [9.17, 15) is 0 Å². The van der Waals surface area contributed by atoms with Crippen LogP contribution in [0.1, 0.15) is 18.1 Å². The summed E-state index contributed by atoms with van der Waals surface area (Å²) in [5.41, 5.74) is 8.75. The van der Waals surface area contributed by atoms with Gasteiger partial charge in [0.25, 0.3) is 0 Å². The Kier molecular flexibility index (Phi) is 11.8. The number of halogens is 3. The molecule has 0 saturated carbocycles. The molecule has 0 spiro atoms. The number of anilines is 2. The zero-order chi connectivity index (χ0) is 25.9. The summed E-state index contributed by atoms with van der Waals surface area (Å²) >= 11 is 0. The van der Waals surface area contributed by atoms with E-state index in [0.29, 0.717) is 23.1 Å². The quantitative estimate of drug-likeness (QED) is 0.306. The third kappa shape index (κ3) is 7.03. The molecule has 0 radical (unpaired) electrons. The van der Waals surface area contributed by atoms with E-state index in [0.717, 1.165) is 53.3 Å². The molecular weight excluding hydrogens is 573 g/mol. The molecule has 2 N–H and O–H groups in total. The number of fused-ring (bicyclic) bond motifs is 1. The molecule has 5 rings (SSSR count). The van der Waals surface area contributed by atoms with Crippen LogP contribution in [0, 0.1) is 0 Å². The summed E-state index contributed by atoms with van der Waals surface area (Å²) in [5.74, 6) is 4.15. The molecule has 0 bridgehead atoms. The van der Waals surface area contributed by atoms with E-state index in [1.807, 2.05) is 79.7 Å². The highest BCUT2D eigenvalue weighted by molar-refractivity contribution is 5.90. The van der Waals surface area contributed by atoms with Crippen LogP contribution in [0.15, 0.2) is 48.5 Å². The van der Waals surface area contributed by atoms with Gasteiger partial charge in [-0.15, -0.1) is 37.2 Å². The fourth-order valence-electron chi connectivity index (χ4n) is 4.47. The Hall–Kier alpha value is -3.37. The minimum Gasteiger partial charge on any atom is -0.493 e. The maximum atomic E-state index is 6.19. The van der Waals surface area contributed by atoms with Crippen LogP contribution in [-0.2, 0) is 0 Å². The van der Waals surface area contributed by atoms with E-state index in [-0.39, 0.29) is 43.3 Å². The van der Waals surface area contributed by atoms with Gasteiger partial charge in [-0.1, -0.05) is 12.1 Å². The molecule has 12 heteroatoms. The molecule has 2 aromatic carbocycles. The van der Waals surface area contributed by atoms with Gasteiger partial charge in [0.1, 0.15) is 11.6 Å². The van der Waals surface area contributed by atoms with E-state index in [1.54, 1.807) is 14.2 Å². The molecule has 1 atom stereocenters. The van der Waals surface area contributed by atoms with Crippen LogP contribution in [0.2, 0.25) is 0 Å². The maximum absolute atomic E-state index is 6.19. The van der Waals surface area contributed by atoms with E-state index in [2.05, 4.69) is 4.90 Å². The lowest BCUT2D eigenvalue weighted by Crippen LogP contribution is -2.27. The highest BCUT2D eigenvalue weighted by Gasteiger charge is 2.22. The van der Waals surface area contributed by atoms with Crippen LogP contribution in [0.3, 0.4) is 0 Å². The van der Waals surface area contributed by atoms with Crippen LogP contribution in [0.4, 0.5) is 11.6 Å².